The Kier molecular flexibility index (Phi) is 6.74. The Morgan fingerprint density at radius 1 is 0.429 bits per heavy atom. The molecule has 0 fully saturated rings. The molecule has 0 unspecified atom stereocenters. The van der Waals surface area contributed by atoms with Crippen LogP contribution in [0.2, 0.25) is 0 Å². The first-order valence-electron chi connectivity index (χ1n) is 5.65. The van der Waals surface area contributed by atoms with Crippen molar-refractivity contribution in [1.29, 1.82) is 0 Å². The smallest absolute Gasteiger partial charge is 0.0348 e. The van der Waals surface area contributed by atoms with Gasteiger partial charge in [-0.3, -0.25) is 0 Å². The van der Waals surface area contributed by atoms with Crippen LogP contribution in [0.1, 0.15) is 38.5 Å². The monoisotopic (exact) mass is 188 g/mol. The Labute approximate surface area is 87.7 Å². The summed E-state index contributed by atoms with van der Waals surface area (Å²) >= 11 is 0. The first-order chi connectivity index (χ1) is 7.00. The lowest BCUT2D eigenvalue weighted by molar-refractivity contribution is 0.652. The van der Waals surface area contributed by atoms with Gasteiger partial charge in [0.2, 0.25) is 0 Å². The molecule has 0 aromatic carbocycles. The molecule has 0 heterocycles. The van der Waals surface area contributed by atoms with Crippen LogP contribution in [0.15, 0.2) is 48.6 Å². The van der Waals surface area contributed by atoms with E-state index in [2.05, 4.69) is 48.6 Å². The van der Waals surface area contributed by atoms with Gasteiger partial charge >= 0.3 is 0 Å². The Balaban J connectivity index is 2.36. The van der Waals surface area contributed by atoms with Crippen molar-refractivity contribution in [3.05, 3.63) is 48.6 Å². The van der Waals surface area contributed by atoms with E-state index in [1.165, 1.54) is 38.5 Å². The third-order valence-electron chi connectivity index (χ3n) is 2.32. The predicted octanol–water partition coefficient (Wildman–Crippen LogP) is 4.57. The third kappa shape index (κ3) is 6.47. The maximum Gasteiger partial charge on any atom is -0.0348 e. The van der Waals surface area contributed by atoms with Crippen LogP contribution in [0.4, 0.5) is 0 Å². The Morgan fingerprint density at radius 3 is 1.36 bits per heavy atom. The molecule has 0 aromatic heterocycles. The second-order valence-corrected chi connectivity index (χ2v) is 3.62. The van der Waals surface area contributed by atoms with Crippen molar-refractivity contribution in [1.82, 2.24) is 0 Å². The average molecular weight is 188 g/mol. The summed E-state index contributed by atoms with van der Waals surface area (Å²) < 4.78 is 0. The molecule has 1 rings (SSSR count). The zero-order chi connectivity index (χ0) is 9.90. The zero-order valence-electron chi connectivity index (χ0n) is 8.86. The van der Waals surface area contributed by atoms with E-state index in [4.69, 9.17) is 0 Å². The number of hydrogen-bond donors (Lipinski definition) is 0. The maximum absolute atomic E-state index is 2.26. The van der Waals surface area contributed by atoms with E-state index in [0.717, 1.165) is 0 Å². The summed E-state index contributed by atoms with van der Waals surface area (Å²) in [6.45, 7) is 0. The molecule has 14 heavy (non-hydrogen) atoms. The quantitative estimate of drug-likeness (QED) is 0.522. The Hall–Kier alpha value is -1.04. The molecule has 1 aliphatic carbocycles. The zero-order valence-corrected chi connectivity index (χ0v) is 8.86. The van der Waals surface area contributed by atoms with Gasteiger partial charge in [-0.2, -0.15) is 0 Å². The first-order valence-corrected chi connectivity index (χ1v) is 5.65. The van der Waals surface area contributed by atoms with Crippen LogP contribution >= 0.6 is 0 Å². The molecular formula is C14H20. The van der Waals surface area contributed by atoms with Gasteiger partial charge in [-0.1, -0.05) is 61.4 Å². The van der Waals surface area contributed by atoms with E-state index in [0.29, 0.717) is 0 Å². The van der Waals surface area contributed by atoms with Crippen LogP contribution in [0.25, 0.3) is 0 Å². The fourth-order valence-corrected chi connectivity index (χ4v) is 1.48. The Bertz CT molecular complexity index is 202. The van der Waals surface area contributed by atoms with Crippen molar-refractivity contribution in [2.45, 2.75) is 38.5 Å². The van der Waals surface area contributed by atoms with Crippen LogP contribution in [0, 0.1) is 0 Å². The average Bonchev–Trinajstić information content (AvgIpc) is 2.22. The number of hydrogen-bond acceptors (Lipinski definition) is 0. The van der Waals surface area contributed by atoms with Gasteiger partial charge in [0.25, 0.3) is 0 Å². The van der Waals surface area contributed by atoms with Crippen LogP contribution in [0.5, 0.6) is 0 Å². The van der Waals surface area contributed by atoms with E-state index in [1.54, 1.807) is 0 Å². The fourth-order valence-electron chi connectivity index (χ4n) is 1.48. The molecule has 0 bridgehead atoms. The minimum absolute atomic E-state index is 1.23. The summed E-state index contributed by atoms with van der Waals surface area (Å²) in [7, 11) is 0. The molecule has 0 saturated heterocycles. The SMILES string of the molecule is C1=C\CCCCCC/C=C/C=C/C=C/1. The van der Waals surface area contributed by atoms with Crippen LogP contribution < -0.4 is 0 Å². The van der Waals surface area contributed by atoms with Crippen molar-refractivity contribution in [2.75, 3.05) is 0 Å². The molecule has 0 amide bonds. The molecule has 0 N–H and O–H groups in total. The first kappa shape index (κ1) is 11.0. The molecule has 0 radical (unpaired) electrons. The van der Waals surface area contributed by atoms with E-state index in [-0.39, 0.29) is 0 Å². The minimum atomic E-state index is 1.23. The van der Waals surface area contributed by atoms with E-state index in [1.807, 2.05) is 0 Å². The summed E-state index contributed by atoms with van der Waals surface area (Å²) in [5.74, 6) is 0. The van der Waals surface area contributed by atoms with E-state index >= 15 is 0 Å². The van der Waals surface area contributed by atoms with Gasteiger partial charge in [0, 0.05) is 0 Å². The largest absolute Gasteiger partial charge is 0.0845 e. The summed E-state index contributed by atoms with van der Waals surface area (Å²) in [5.41, 5.74) is 0. The van der Waals surface area contributed by atoms with Gasteiger partial charge in [0.1, 0.15) is 0 Å². The van der Waals surface area contributed by atoms with Crippen molar-refractivity contribution in [3.63, 3.8) is 0 Å². The molecule has 0 heteroatoms. The summed E-state index contributed by atoms with van der Waals surface area (Å²) in [6.07, 6.45) is 25.0. The molecule has 0 aliphatic heterocycles. The highest BCUT2D eigenvalue weighted by molar-refractivity contribution is 5.15. The minimum Gasteiger partial charge on any atom is -0.0845 e. The second kappa shape index (κ2) is 8.55. The highest BCUT2D eigenvalue weighted by Crippen LogP contribution is 2.06. The van der Waals surface area contributed by atoms with Gasteiger partial charge in [0.05, 0.1) is 0 Å². The molecule has 0 aromatic rings. The lowest BCUT2D eigenvalue weighted by Crippen LogP contribution is -1.76. The fraction of sp³-hybridized carbons (Fsp3) is 0.429. The molecule has 0 atom stereocenters. The van der Waals surface area contributed by atoms with Gasteiger partial charge in [-0.15, -0.1) is 0 Å². The van der Waals surface area contributed by atoms with Crippen LogP contribution in [-0.2, 0) is 0 Å². The van der Waals surface area contributed by atoms with Crippen molar-refractivity contribution >= 4 is 0 Å². The second-order valence-electron chi connectivity index (χ2n) is 3.62. The molecule has 0 spiro atoms. The van der Waals surface area contributed by atoms with Gasteiger partial charge in [-0.25, -0.2) is 0 Å². The lowest BCUT2D eigenvalue weighted by atomic mass is 10.1. The lowest BCUT2D eigenvalue weighted by Gasteiger charge is -1.96. The van der Waals surface area contributed by atoms with Crippen molar-refractivity contribution in [3.8, 4) is 0 Å². The number of allylic oxidation sites excluding steroid dienone is 8. The number of rotatable bonds is 0. The summed E-state index contributed by atoms with van der Waals surface area (Å²) in [6, 6.07) is 0. The highest BCUT2D eigenvalue weighted by Gasteiger charge is 1.87. The summed E-state index contributed by atoms with van der Waals surface area (Å²) in [4.78, 5) is 0. The molecule has 0 saturated carbocycles. The van der Waals surface area contributed by atoms with Crippen LogP contribution in [0.3, 0.4) is 0 Å². The van der Waals surface area contributed by atoms with Gasteiger partial charge < -0.3 is 0 Å². The Morgan fingerprint density at radius 2 is 0.857 bits per heavy atom. The predicted molar refractivity (Wildman–Crippen MR) is 64.3 cm³/mol. The standard InChI is InChI=1S/C14H20/c1-2-4-6-8-10-12-14-13-11-9-7-5-3-1/h1-8H,9-14H2/b3-1+,4-2+,7-5-,8-6+. The topological polar surface area (TPSA) is 0 Å². The van der Waals surface area contributed by atoms with Crippen LogP contribution in [-0.4, -0.2) is 0 Å². The third-order valence-corrected chi connectivity index (χ3v) is 2.32. The van der Waals surface area contributed by atoms with E-state index in [9.17, 15) is 0 Å². The normalized spacial score (nSPS) is 28.6. The van der Waals surface area contributed by atoms with Gasteiger partial charge in [-0.05, 0) is 25.7 Å². The maximum atomic E-state index is 2.26. The molecule has 0 nitrogen and oxygen atoms in total. The van der Waals surface area contributed by atoms with Crippen molar-refractivity contribution < 1.29 is 0 Å². The van der Waals surface area contributed by atoms with E-state index < -0.39 is 0 Å². The summed E-state index contributed by atoms with van der Waals surface area (Å²) in [5, 5.41) is 0. The molecule has 1 aliphatic rings. The van der Waals surface area contributed by atoms with Crippen molar-refractivity contribution in [2.24, 2.45) is 0 Å². The van der Waals surface area contributed by atoms with Gasteiger partial charge in [0.15, 0.2) is 0 Å². The molecule has 76 valence electrons. The molecular weight excluding hydrogens is 168 g/mol. The highest BCUT2D eigenvalue weighted by atomic mass is 13.9.